The Balaban J connectivity index is 2.11. The maximum absolute atomic E-state index is 2.54. The lowest BCUT2D eigenvalue weighted by Crippen LogP contribution is -2.03. The molecule has 0 atom stereocenters. The summed E-state index contributed by atoms with van der Waals surface area (Å²) in [7, 11) is 0.104. The monoisotopic (exact) mass is 211 g/mol. The molecule has 0 bridgehead atoms. The Labute approximate surface area is 91.4 Å². The van der Waals surface area contributed by atoms with Gasteiger partial charge in [-0.1, -0.05) is 30.7 Å². The number of rotatable bonds is 7. The lowest BCUT2D eigenvalue weighted by Gasteiger charge is -2.08. The van der Waals surface area contributed by atoms with Gasteiger partial charge in [0.25, 0.3) is 0 Å². The van der Waals surface area contributed by atoms with Gasteiger partial charge in [-0.15, -0.1) is 0 Å². The fourth-order valence-corrected chi connectivity index (χ4v) is 3.91. The first-order valence-corrected chi connectivity index (χ1v) is 7.88. The van der Waals surface area contributed by atoms with Gasteiger partial charge < -0.3 is 4.90 Å². The Morgan fingerprint density at radius 3 is 2.36 bits per heavy atom. The highest BCUT2D eigenvalue weighted by Gasteiger charge is 2.15. The third kappa shape index (κ3) is 4.42. The van der Waals surface area contributed by atoms with Gasteiger partial charge in [-0.3, -0.25) is 0 Å². The van der Waals surface area contributed by atoms with E-state index < -0.39 is 0 Å². The van der Waals surface area contributed by atoms with Crippen LogP contribution in [0.1, 0.15) is 40.0 Å². The topological polar surface area (TPSA) is 3.01 Å². The minimum atomic E-state index is 0.104. The van der Waals surface area contributed by atoms with Crippen molar-refractivity contribution in [1.82, 2.24) is 4.90 Å². The lowest BCUT2D eigenvalue weighted by atomic mass is 10.1. The molecule has 1 heterocycles. The summed E-state index contributed by atoms with van der Waals surface area (Å²) in [6.45, 7) is 11.1. The lowest BCUT2D eigenvalue weighted by molar-refractivity contribution is 0.551. The Morgan fingerprint density at radius 2 is 1.86 bits per heavy atom. The van der Waals surface area contributed by atoms with Crippen molar-refractivity contribution in [2.24, 2.45) is 0 Å². The standard InChI is InChI=1S/C12H25NSi/c1-4-12(5-2)11(3)14-10-6-7-13-8-9-13/h4-10,14H2,1-3H3. The van der Waals surface area contributed by atoms with E-state index in [1.807, 2.05) is 0 Å². The molecule has 0 saturated carbocycles. The van der Waals surface area contributed by atoms with Crippen LogP contribution in [-0.4, -0.2) is 34.1 Å². The summed E-state index contributed by atoms with van der Waals surface area (Å²) in [6, 6.07) is 1.52. The second-order valence-electron chi connectivity index (χ2n) is 4.39. The van der Waals surface area contributed by atoms with Crippen LogP contribution >= 0.6 is 0 Å². The van der Waals surface area contributed by atoms with Crippen LogP contribution in [0.5, 0.6) is 0 Å². The van der Waals surface area contributed by atoms with Gasteiger partial charge in [0, 0.05) is 22.6 Å². The molecular formula is C12H25NSi. The first-order chi connectivity index (χ1) is 6.77. The van der Waals surface area contributed by atoms with Crippen molar-refractivity contribution < 1.29 is 0 Å². The fraction of sp³-hybridized carbons (Fsp3) is 0.833. The average molecular weight is 211 g/mol. The van der Waals surface area contributed by atoms with Gasteiger partial charge in [0.2, 0.25) is 0 Å². The molecule has 14 heavy (non-hydrogen) atoms. The molecule has 82 valence electrons. The largest absolute Gasteiger partial charge is 0.301 e. The molecule has 1 saturated heterocycles. The first kappa shape index (κ1) is 12.0. The van der Waals surface area contributed by atoms with E-state index in [0.717, 1.165) is 0 Å². The quantitative estimate of drug-likeness (QED) is 0.355. The van der Waals surface area contributed by atoms with Gasteiger partial charge in [-0.25, -0.2) is 0 Å². The van der Waals surface area contributed by atoms with E-state index in [4.69, 9.17) is 0 Å². The second-order valence-corrected chi connectivity index (χ2v) is 6.66. The maximum atomic E-state index is 2.54. The average Bonchev–Trinajstić information content (AvgIpc) is 2.98. The Kier molecular flexibility index (Phi) is 5.49. The molecule has 0 unspecified atom stereocenters. The zero-order chi connectivity index (χ0) is 10.4. The van der Waals surface area contributed by atoms with Crippen LogP contribution in [0.15, 0.2) is 10.8 Å². The van der Waals surface area contributed by atoms with Crippen LogP contribution in [0.3, 0.4) is 0 Å². The van der Waals surface area contributed by atoms with Gasteiger partial charge in [0.05, 0.1) is 0 Å². The third-order valence-electron chi connectivity index (χ3n) is 3.27. The molecule has 0 aromatic heterocycles. The highest BCUT2D eigenvalue weighted by molar-refractivity contribution is 6.45. The molecule has 1 nitrogen and oxygen atoms in total. The zero-order valence-corrected chi connectivity index (χ0v) is 11.5. The van der Waals surface area contributed by atoms with Crippen LogP contribution in [0.2, 0.25) is 6.04 Å². The Bertz CT molecular complexity index is 188. The molecule has 0 aromatic rings. The molecule has 0 aliphatic carbocycles. The fourth-order valence-electron chi connectivity index (χ4n) is 2.05. The summed E-state index contributed by atoms with van der Waals surface area (Å²) in [4.78, 5) is 2.54. The molecule has 2 heteroatoms. The SMILES string of the molecule is CCC(CC)=C(C)[SiH2]CCCN1CC1. The summed E-state index contributed by atoms with van der Waals surface area (Å²) in [6.07, 6.45) is 4.01. The predicted octanol–water partition coefficient (Wildman–Crippen LogP) is 2.37. The van der Waals surface area contributed by atoms with Gasteiger partial charge in [0.15, 0.2) is 0 Å². The van der Waals surface area contributed by atoms with E-state index >= 15 is 0 Å². The van der Waals surface area contributed by atoms with Crippen molar-refractivity contribution in [1.29, 1.82) is 0 Å². The van der Waals surface area contributed by atoms with Crippen LogP contribution < -0.4 is 0 Å². The van der Waals surface area contributed by atoms with E-state index in [9.17, 15) is 0 Å². The van der Waals surface area contributed by atoms with Crippen LogP contribution in [0.4, 0.5) is 0 Å². The maximum Gasteiger partial charge on any atom is 0.0492 e. The highest BCUT2D eigenvalue weighted by atomic mass is 28.2. The summed E-state index contributed by atoms with van der Waals surface area (Å²) in [5, 5.41) is 1.79. The molecule has 1 rings (SSSR count). The Morgan fingerprint density at radius 1 is 1.21 bits per heavy atom. The number of allylic oxidation sites excluding steroid dienone is 2. The number of nitrogens with zero attached hydrogens (tertiary/aromatic N) is 1. The van der Waals surface area contributed by atoms with E-state index in [2.05, 4.69) is 25.7 Å². The van der Waals surface area contributed by atoms with Crippen molar-refractivity contribution in [2.75, 3.05) is 19.6 Å². The van der Waals surface area contributed by atoms with Gasteiger partial charge in [0.1, 0.15) is 0 Å². The van der Waals surface area contributed by atoms with Crippen LogP contribution in [0, 0.1) is 0 Å². The number of hydrogen-bond donors (Lipinski definition) is 0. The van der Waals surface area contributed by atoms with E-state index in [1.54, 1.807) is 10.8 Å². The van der Waals surface area contributed by atoms with Crippen molar-refractivity contribution in [2.45, 2.75) is 46.1 Å². The molecule has 0 N–H and O–H groups in total. The highest BCUT2D eigenvalue weighted by Crippen LogP contribution is 2.13. The number of hydrogen-bond acceptors (Lipinski definition) is 1. The van der Waals surface area contributed by atoms with Crippen molar-refractivity contribution >= 4 is 9.52 Å². The minimum absolute atomic E-state index is 0.104. The van der Waals surface area contributed by atoms with E-state index in [-0.39, 0.29) is 9.52 Å². The molecule has 0 spiro atoms. The first-order valence-electron chi connectivity index (χ1n) is 6.17. The molecule has 0 aromatic carbocycles. The molecule has 0 radical (unpaired) electrons. The molecule has 1 fully saturated rings. The molecular weight excluding hydrogens is 186 g/mol. The third-order valence-corrected chi connectivity index (χ3v) is 5.38. The van der Waals surface area contributed by atoms with Gasteiger partial charge in [-0.2, -0.15) is 0 Å². The molecule has 1 aliphatic rings. The van der Waals surface area contributed by atoms with Crippen LogP contribution in [0.25, 0.3) is 0 Å². The van der Waals surface area contributed by atoms with Gasteiger partial charge in [-0.05, 0) is 32.7 Å². The molecule has 1 aliphatic heterocycles. The van der Waals surface area contributed by atoms with Gasteiger partial charge >= 0.3 is 0 Å². The summed E-state index contributed by atoms with van der Waals surface area (Å²) in [5.74, 6) is 0. The Hall–Kier alpha value is -0.0831. The second kappa shape index (κ2) is 6.41. The van der Waals surface area contributed by atoms with E-state index in [1.165, 1.54) is 44.9 Å². The predicted molar refractivity (Wildman–Crippen MR) is 67.7 cm³/mol. The van der Waals surface area contributed by atoms with Crippen LogP contribution in [-0.2, 0) is 0 Å². The van der Waals surface area contributed by atoms with Crippen molar-refractivity contribution in [3.63, 3.8) is 0 Å². The normalized spacial score (nSPS) is 16.5. The molecule has 0 amide bonds. The van der Waals surface area contributed by atoms with E-state index in [0.29, 0.717) is 0 Å². The minimum Gasteiger partial charge on any atom is -0.301 e. The van der Waals surface area contributed by atoms with Crippen molar-refractivity contribution in [3.05, 3.63) is 10.8 Å². The smallest absolute Gasteiger partial charge is 0.0492 e. The summed E-state index contributed by atoms with van der Waals surface area (Å²) < 4.78 is 0. The summed E-state index contributed by atoms with van der Waals surface area (Å²) in [5.41, 5.74) is 1.74. The summed E-state index contributed by atoms with van der Waals surface area (Å²) >= 11 is 0. The zero-order valence-electron chi connectivity index (χ0n) is 10.1. The van der Waals surface area contributed by atoms with Crippen molar-refractivity contribution in [3.8, 4) is 0 Å².